The third-order valence-electron chi connectivity index (χ3n) is 4.21. The van der Waals surface area contributed by atoms with Crippen LogP contribution in [0.25, 0.3) is 0 Å². The zero-order valence-electron chi connectivity index (χ0n) is 13.1. The lowest BCUT2D eigenvalue weighted by atomic mass is 10.0. The first kappa shape index (κ1) is 15.3. The number of nitro groups is 1. The second kappa shape index (κ2) is 6.69. The summed E-state index contributed by atoms with van der Waals surface area (Å²) in [7, 11) is 0. The fourth-order valence-electron chi connectivity index (χ4n) is 3.20. The zero-order chi connectivity index (χ0) is 16.2. The Kier molecular flexibility index (Phi) is 4.46. The van der Waals surface area contributed by atoms with Crippen LogP contribution in [0.5, 0.6) is 5.75 Å². The van der Waals surface area contributed by atoms with E-state index in [4.69, 9.17) is 4.74 Å². The first-order valence-electron chi connectivity index (χ1n) is 7.93. The number of hydrogen-bond acceptors (Lipinski definition) is 4. The van der Waals surface area contributed by atoms with Gasteiger partial charge < -0.3 is 9.64 Å². The van der Waals surface area contributed by atoms with Crippen LogP contribution in [0.15, 0.2) is 48.5 Å². The van der Waals surface area contributed by atoms with Crippen LogP contribution in [-0.2, 0) is 0 Å². The van der Waals surface area contributed by atoms with E-state index in [1.165, 1.54) is 5.56 Å². The molecule has 3 rings (SSSR count). The van der Waals surface area contributed by atoms with Gasteiger partial charge in [-0.05, 0) is 31.4 Å². The molecule has 0 aromatic heterocycles. The van der Waals surface area contributed by atoms with Gasteiger partial charge in [-0.1, -0.05) is 30.3 Å². The number of nitro benzene ring substituents is 1. The molecule has 1 fully saturated rings. The summed E-state index contributed by atoms with van der Waals surface area (Å²) in [6.07, 6.45) is 2.20. The van der Waals surface area contributed by atoms with Gasteiger partial charge in [0.15, 0.2) is 5.75 Å². The van der Waals surface area contributed by atoms with E-state index in [-0.39, 0.29) is 5.69 Å². The second-order valence-electron chi connectivity index (χ2n) is 5.60. The maximum atomic E-state index is 11.1. The van der Waals surface area contributed by atoms with Crippen molar-refractivity contribution in [2.45, 2.75) is 25.8 Å². The molecule has 23 heavy (non-hydrogen) atoms. The van der Waals surface area contributed by atoms with Gasteiger partial charge in [0.25, 0.3) is 0 Å². The molecule has 1 aliphatic rings. The fourth-order valence-corrected chi connectivity index (χ4v) is 3.20. The molecule has 0 bridgehead atoms. The molecule has 0 N–H and O–H groups in total. The molecule has 1 heterocycles. The van der Waals surface area contributed by atoms with Crippen molar-refractivity contribution in [2.24, 2.45) is 0 Å². The monoisotopic (exact) mass is 312 g/mol. The molecule has 2 aromatic rings. The van der Waals surface area contributed by atoms with E-state index in [9.17, 15) is 10.1 Å². The van der Waals surface area contributed by atoms with E-state index >= 15 is 0 Å². The molecule has 1 saturated heterocycles. The van der Waals surface area contributed by atoms with Crippen molar-refractivity contribution in [3.63, 3.8) is 0 Å². The normalized spacial score (nSPS) is 17.3. The summed E-state index contributed by atoms with van der Waals surface area (Å²) in [5.74, 6) is 0.341. The summed E-state index contributed by atoms with van der Waals surface area (Å²) in [6.45, 7) is 3.19. The lowest BCUT2D eigenvalue weighted by Crippen LogP contribution is -2.22. The summed E-state index contributed by atoms with van der Waals surface area (Å²) in [4.78, 5) is 13.0. The van der Waals surface area contributed by atoms with Crippen LogP contribution < -0.4 is 9.64 Å². The Bertz CT molecular complexity index is 688. The minimum atomic E-state index is -0.395. The molecular formula is C18H20N2O3. The van der Waals surface area contributed by atoms with Gasteiger partial charge in [0, 0.05) is 24.4 Å². The number of ether oxygens (including phenoxy) is 1. The summed E-state index contributed by atoms with van der Waals surface area (Å²) in [5, 5.41) is 11.1. The Labute approximate surface area is 135 Å². The van der Waals surface area contributed by atoms with Crippen LogP contribution in [0.3, 0.4) is 0 Å². The van der Waals surface area contributed by atoms with E-state index in [1.807, 2.05) is 31.2 Å². The first-order valence-corrected chi connectivity index (χ1v) is 7.93. The van der Waals surface area contributed by atoms with Gasteiger partial charge in [-0.3, -0.25) is 10.1 Å². The van der Waals surface area contributed by atoms with E-state index in [0.29, 0.717) is 18.4 Å². The molecule has 120 valence electrons. The Morgan fingerprint density at radius 3 is 2.74 bits per heavy atom. The van der Waals surface area contributed by atoms with Gasteiger partial charge >= 0.3 is 5.69 Å². The van der Waals surface area contributed by atoms with Gasteiger partial charge in [0.1, 0.15) is 0 Å². The molecule has 5 heteroatoms. The molecule has 0 aliphatic carbocycles. The molecule has 0 radical (unpaired) electrons. The highest BCUT2D eigenvalue weighted by Crippen LogP contribution is 2.39. The third kappa shape index (κ3) is 3.13. The SMILES string of the molecule is CCOc1cc(N2CCCC2c2ccccc2)ccc1[N+](=O)[O-]. The van der Waals surface area contributed by atoms with Crippen LogP contribution >= 0.6 is 0 Å². The highest BCUT2D eigenvalue weighted by molar-refractivity contribution is 5.60. The molecule has 0 amide bonds. The number of nitrogens with zero attached hydrogens (tertiary/aromatic N) is 2. The molecule has 2 aromatic carbocycles. The molecule has 5 nitrogen and oxygen atoms in total. The Morgan fingerprint density at radius 2 is 2.04 bits per heavy atom. The van der Waals surface area contributed by atoms with E-state index < -0.39 is 4.92 Å². The average Bonchev–Trinajstić information content (AvgIpc) is 3.05. The van der Waals surface area contributed by atoms with Crippen molar-refractivity contribution in [1.29, 1.82) is 0 Å². The summed E-state index contributed by atoms with van der Waals surface area (Å²) < 4.78 is 5.47. The standard InChI is InChI=1S/C18H20N2O3/c1-2-23-18-13-15(10-11-17(18)20(21)22)19-12-6-9-16(19)14-7-4-3-5-8-14/h3-5,7-8,10-11,13,16H,2,6,9,12H2,1H3. The number of hydrogen-bond donors (Lipinski definition) is 0. The zero-order valence-corrected chi connectivity index (χ0v) is 13.1. The average molecular weight is 312 g/mol. The van der Waals surface area contributed by atoms with Crippen LogP contribution in [0.2, 0.25) is 0 Å². The van der Waals surface area contributed by atoms with Crippen molar-refractivity contribution >= 4 is 11.4 Å². The van der Waals surface area contributed by atoms with Crippen LogP contribution in [0.1, 0.15) is 31.4 Å². The molecular weight excluding hydrogens is 292 g/mol. The van der Waals surface area contributed by atoms with Crippen molar-refractivity contribution < 1.29 is 9.66 Å². The van der Waals surface area contributed by atoms with Gasteiger partial charge in [-0.2, -0.15) is 0 Å². The summed E-state index contributed by atoms with van der Waals surface area (Å²) in [6, 6.07) is 15.9. The molecule has 0 spiro atoms. The topological polar surface area (TPSA) is 55.6 Å². The van der Waals surface area contributed by atoms with Crippen LogP contribution in [0.4, 0.5) is 11.4 Å². The second-order valence-corrected chi connectivity index (χ2v) is 5.60. The Hall–Kier alpha value is -2.56. The van der Waals surface area contributed by atoms with E-state index in [1.54, 1.807) is 12.1 Å². The predicted molar refractivity (Wildman–Crippen MR) is 90.0 cm³/mol. The molecule has 1 atom stereocenters. The molecule has 1 unspecified atom stereocenters. The van der Waals surface area contributed by atoms with Crippen molar-refractivity contribution in [1.82, 2.24) is 0 Å². The van der Waals surface area contributed by atoms with Crippen LogP contribution in [-0.4, -0.2) is 18.1 Å². The number of anilines is 1. The minimum absolute atomic E-state index is 0.0195. The highest BCUT2D eigenvalue weighted by Gasteiger charge is 2.27. The van der Waals surface area contributed by atoms with E-state index in [2.05, 4.69) is 17.0 Å². The van der Waals surface area contributed by atoms with Gasteiger partial charge in [-0.25, -0.2) is 0 Å². The third-order valence-corrected chi connectivity index (χ3v) is 4.21. The lowest BCUT2D eigenvalue weighted by Gasteiger charge is -2.27. The Balaban J connectivity index is 1.94. The fraction of sp³-hybridized carbons (Fsp3) is 0.333. The maximum absolute atomic E-state index is 11.1. The van der Waals surface area contributed by atoms with Crippen molar-refractivity contribution in [3.05, 3.63) is 64.2 Å². The van der Waals surface area contributed by atoms with E-state index in [0.717, 1.165) is 25.1 Å². The van der Waals surface area contributed by atoms with Crippen LogP contribution in [0, 0.1) is 10.1 Å². The predicted octanol–water partition coefficient (Wildman–Crippen LogP) is 4.34. The van der Waals surface area contributed by atoms with Gasteiger partial charge in [0.2, 0.25) is 0 Å². The maximum Gasteiger partial charge on any atom is 0.311 e. The number of benzene rings is 2. The summed E-state index contributed by atoms with van der Waals surface area (Å²) >= 11 is 0. The first-order chi connectivity index (χ1) is 11.2. The van der Waals surface area contributed by atoms with Crippen molar-refractivity contribution in [3.8, 4) is 5.75 Å². The van der Waals surface area contributed by atoms with Gasteiger partial charge in [0.05, 0.1) is 17.6 Å². The molecule has 0 saturated carbocycles. The van der Waals surface area contributed by atoms with Crippen molar-refractivity contribution in [2.75, 3.05) is 18.1 Å². The highest BCUT2D eigenvalue weighted by atomic mass is 16.6. The quantitative estimate of drug-likeness (QED) is 0.609. The number of rotatable bonds is 5. The largest absolute Gasteiger partial charge is 0.487 e. The minimum Gasteiger partial charge on any atom is -0.487 e. The van der Waals surface area contributed by atoms with Gasteiger partial charge in [-0.15, -0.1) is 0 Å². The molecule has 1 aliphatic heterocycles. The lowest BCUT2D eigenvalue weighted by molar-refractivity contribution is -0.385. The Morgan fingerprint density at radius 1 is 1.26 bits per heavy atom. The summed E-state index contributed by atoms with van der Waals surface area (Å²) in [5.41, 5.74) is 2.28. The smallest absolute Gasteiger partial charge is 0.311 e.